The van der Waals surface area contributed by atoms with Crippen LogP contribution >= 0.6 is 0 Å². The average molecular weight is 431 g/mol. The Bertz CT molecular complexity index is 1200. The first-order valence-corrected chi connectivity index (χ1v) is 9.35. The number of ketones is 1. The van der Waals surface area contributed by atoms with Crippen LogP contribution in [0.2, 0.25) is 0 Å². The number of nitro groups is 1. The fourth-order valence-electron chi connectivity index (χ4n) is 2.72. The molecule has 0 heterocycles. The van der Waals surface area contributed by atoms with Crippen molar-refractivity contribution in [3.63, 3.8) is 0 Å². The summed E-state index contributed by atoms with van der Waals surface area (Å²) in [7, 11) is 1.30. The predicted molar refractivity (Wildman–Crippen MR) is 116 cm³/mol. The molecule has 0 saturated carbocycles. The molecule has 3 rings (SSSR count). The van der Waals surface area contributed by atoms with Gasteiger partial charge in [0, 0.05) is 17.7 Å². The van der Waals surface area contributed by atoms with Crippen molar-refractivity contribution in [2.75, 3.05) is 7.11 Å². The third kappa shape index (κ3) is 5.51. The molecular weight excluding hydrogens is 414 g/mol. The van der Waals surface area contributed by atoms with Gasteiger partial charge in [0.25, 0.3) is 5.69 Å². The molecule has 0 unspecified atom stereocenters. The second kappa shape index (κ2) is 9.94. The van der Waals surface area contributed by atoms with Crippen LogP contribution < -0.4 is 4.74 Å². The van der Waals surface area contributed by atoms with Gasteiger partial charge in [0.05, 0.1) is 23.2 Å². The van der Waals surface area contributed by atoms with E-state index in [1.54, 1.807) is 30.3 Å². The largest absolute Gasteiger partial charge is 0.465 e. The highest BCUT2D eigenvalue weighted by Gasteiger charge is 2.14. The van der Waals surface area contributed by atoms with Crippen LogP contribution in [0.5, 0.6) is 5.75 Å². The second-order valence-corrected chi connectivity index (χ2v) is 6.53. The maximum atomic E-state index is 12.4. The van der Waals surface area contributed by atoms with Gasteiger partial charge in [-0.1, -0.05) is 24.3 Å². The number of allylic oxidation sites excluding steroid dienone is 1. The number of carbonyl (C=O) groups is 3. The van der Waals surface area contributed by atoms with E-state index >= 15 is 0 Å². The van der Waals surface area contributed by atoms with E-state index in [1.807, 2.05) is 0 Å². The topological polar surface area (TPSA) is 113 Å². The lowest BCUT2D eigenvalue weighted by Gasteiger charge is -2.05. The molecule has 160 valence electrons. The molecule has 0 fully saturated rings. The molecule has 3 aromatic carbocycles. The average Bonchev–Trinajstić information content (AvgIpc) is 2.82. The summed E-state index contributed by atoms with van der Waals surface area (Å²) in [6.07, 6.45) is 3.00. The van der Waals surface area contributed by atoms with Crippen molar-refractivity contribution in [3.8, 4) is 5.75 Å². The molecule has 0 aliphatic heterocycles. The van der Waals surface area contributed by atoms with E-state index in [0.29, 0.717) is 11.1 Å². The number of methoxy groups -OCH3 is 1. The van der Waals surface area contributed by atoms with Crippen LogP contribution in [0.3, 0.4) is 0 Å². The number of nitrogens with zero attached hydrogens (tertiary/aromatic N) is 1. The molecule has 0 aliphatic rings. The zero-order valence-corrected chi connectivity index (χ0v) is 16.9. The van der Waals surface area contributed by atoms with E-state index in [1.165, 1.54) is 55.7 Å². The number of benzene rings is 3. The Morgan fingerprint density at radius 1 is 0.844 bits per heavy atom. The van der Waals surface area contributed by atoms with Gasteiger partial charge in [0.2, 0.25) is 0 Å². The molecule has 0 atom stereocenters. The molecule has 0 aromatic heterocycles. The van der Waals surface area contributed by atoms with Gasteiger partial charge in [-0.05, 0) is 54.1 Å². The van der Waals surface area contributed by atoms with E-state index in [9.17, 15) is 24.5 Å². The van der Waals surface area contributed by atoms with Crippen LogP contribution in [0.25, 0.3) is 6.08 Å². The van der Waals surface area contributed by atoms with E-state index in [-0.39, 0.29) is 22.8 Å². The van der Waals surface area contributed by atoms with Gasteiger partial charge in [0.1, 0.15) is 5.75 Å². The monoisotopic (exact) mass is 431 g/mol. The lowest BCUT2D eigenvalue weighted by atomic mass is 10.1. The number of non-ortho nitro benzene ring substituents is 1. The van der Waals surface area contributed by atoms with Gasteiger partial charge in [-0.25, -0.2) is 9.59 Å². The quantitative estimate of drug-likeness (QED) is 0.135. The molecule has 3 aromatic rings. The minimum Gasteiger partial charge on any atom is -0.465 e. The van der Waals surface area contributed by atoms with Crippen molar-refractivity contribution >= 4 is 29.5 Å². The minimum atomic E-state index is -0.747. The summed E-state index contributed by atoms with van der Waals surface area (Å²) in [6.45, 7) is 0. The summed E-state index contributed by atoms with van der Waals surface area (Å²) in [6, 6.07) is 17.7. The maximum absolute atomic E-state index is 12.4. The van der Waals surface area contributed by atoms with Crippen molar-refractivity contribution in [1.82, 2.24) is 0 Å². The zero-order chi connectivity index (χ0) is 23.1. The van der Waals surface area contributed by atoms with Gasteiger partial charge in [0.15, 0.2) is 5.78 Å². The van der Waals surface area contributed by atoms with Crippen LogP contribution in [-0.4, -0.2) is 29.8 Å². The molecule has 0 aliphatic carbocycles. The first-order chi connectivity index (χ1) is 15.4. The predicted octanol–water partition coefficient (Wildman–Crippen LogP) is 4.50. The molecule has 0 amide bonds. The number of ether oxygens (including phenoxy) is 2. The van der Waals surface area contributed by atoms with E-state index in [4.69, 9.17) is 4.74 Å². The first-order valence-electron chi connectivity index (χ1n) is 9.35. The van der Waals surface area contributed by atoms with E-state index < -0.39 is 16.9 Å². The summed E-state index contributed by atoms with van der Waals surface area (Å²) >= 11 is 0. The summed E-state index contributed by atoms with van der Waals surface area (Å²) in [5, 5.41) is 10.8. The number of esters is 2. The Kier molecular flexibility index (Phi) is 6.87. The molecular formula is C24H17NO7. The fourth-order valence-corrected chi connectivity index (χ4v) is 2.72. The maximum Gasteiger partial charge on any atom is 0.343 e. The lowest BCUT2D eigenvalue weighted by Crippen LogP contribution is -2.09. The molecule has 8 nitrogen and oxygen atoms in total. The van der Waals surface area contributed by atoms with Crippen LogP contribution in [0.4, 0.5) is 5.69 Å². The van der Waals surface area contributed by atoms with Crippen molar-refractivity contribution in [2.24, 2.45) is 0 Å². The summed E-state index contributed by atoms with van der Waals surface area (Å²) in [4.78, 5) is 46.2. The van der Waals surface area contributed by atoms with E-state index in [2.05, 4.69) is 4.74 Å². The highest BCUT2D eigenvalue weighted by Crippen LogP contribution is 2.18. The highest BCUT2D eigenvalue weighted by atomic mass is 16.6. The third-order valence-electron chi connectivity index (χ3n) is 4.40. The van der Waals surface area contributed by atoms with Crippen molar-refractivity contribution in [3.05, 3.63) is 111 Å². The Morgan fingerprint density at radius 3 is 2.12 bits per heavy atom. The zero-order valence-electron chi connectivity index (χ0n) is 16.9. The van der Waals surface area contributed by atoms with Crippen LogP contribution in [-0.2, 0) is 4.74 Å². The summed E-state index contributed by atoms with van der Waals surface area (Å²) in [5.74, 6) is -1.26. The number of carbonyl (C=O) groups excluding carboxylic acids is 3. The molecule has 0 saturated heterocycles. The third-order valence-corrected chi connectivity index (χ3v) is 4.40. The lowest BCUT2D eigenvalue weighted by molar-refractivity contribution is -0.384. The van der Waals surface area contributed by atoms with Gasteiger partial charge < -0.3 is 9.47 Å². The normalized spacial score (nSPS) is 10.5. The van der Waals surface area contributed by atoms with Crippen molar-refractivity contribution < 1.29 is 28.8 Å². The van der Waals surface area contributed by atoms with Gasteiger partial charge in [-0.15, -0.1) is 0 Å². The van der Waals surface area contributed by atoms with Gasteiger partial charge >= 0.3 is 11.9 Å². The highest BCUT2D eigenvalue weighted by molar-refractivity contribution is 6.07. The Labute approximate surface area is 182 Å². The van der Waals surface area contributed by atoms with Crippen LogP contribution in [0.15, 0.2) is 78.9 Å². The molecule has 0 spiro atoms. The number of nitro benzene ring substituents is 1. The Balaban J connectivity index is 1.63. The summed E-state index contributed by atoms with van der Waals surface area (Å²) < 4.78 is 9.85. The standard InChI is InChI=1S/C24H17NO7/c1-31-23(27)18-8-5-16(6-9-18)7-14-22(26)17-10-12-21(13-11-17)32-24(28)19-3-2-4-20(15-19)25(29)30/h2-15H,1H3. The second-order valence-electron chi connectivity index (χ2n) is 6.53. The van der Waals surface area contributed by atoms with Crippen LogP contribution in [0, 0.1) is 10.1 Å². The van der Waals surface area contributed by atoms with E-state index in [0.717, 1.165) is 11.6 Å². The van der Waals surface area contributed by atoms with Gasteiger partial charge in [-0.2, -0.15) is 0 Å². The molecule has 0 radical (unpaired) electrons. The molecule has 8 heteroatoms. The van der Waals surface area contributed by atoms with Crippen molar-refractivity contribution in [1.29, 1.82) is 0 Å². The molecule has 0 bridgehead atoms. The first kappa shape index (κ1) is 22.1. The Morgan fingerprint density at radius 2 is 1.50 bits per heavy atom. The fraction of sp³-hybridized carbons (Fsp3) is 0.0417. The smallest absolute Gasteiger partial charge is 0.343 e. The number of hydrogen-bond acceptors (Lipinski definition) is 7. The minimum absolute atomic E-state index is 0.0421. The molecule has 0 N–H and O–H groups in total. The van der Waals surface area contributed by atoms with Gasteiger partial charge in [-0.3, -0.25) is 14.9 Å². The number of rotatable bonds is 7. The SMILES string of the molecule is COC(=O)c1ccc(C=CC(=O)c2ccc(OC(=O)c3cccc([N+](=O)[O-])c3)cc2)cc1. The summed E-state index contributed by atoms with van der Waals surface area (Å²) in [5.41, 5.74) is 1.34. The number of hydrogen-bond donors (Lipinski definition) is 0. The van der Waals surface area contributed by atoms with Crippen molar-refractivity contribution in [2.45, 2.75) is 0 Å². The molecule has 32 heavy (non-hydrogen) atoms. The van der Waals surface area contributed by atoms with Crippen LogP contribution in [0.1, 0.15) is 36.6 Å². The Hall–Kier alpha value is -4.59.